The van der Waals surface area contributed by atoms with E-state index in [1.54, 1.807) is 17.8 Å². The molecule has 2 aromatic carbocycles. The molecule has 3 aromatic rings. The van der Waals surface area contributed by atoms with Crippen LogP contribution in [0.1, 0.15) is 5.56 Å². The Kier molecular flexibility index (Phi) is 3.76. The predicted molar refractivity (Wildman–Crippen MR) is 86.8 cm³/mol. The first-order valence-electron chi connectivity index (χ1n) is 6.47. The Balaban J connectivity index is 1.94. The number of thioether (sulfide) groups is 1. The summed E-state index contributed by atoms with van der Waals surface area (Å²) in [7, 11) is 0. The lowest BCUT2D eigenvalue weighted by Crippen LogP contribution is -2.04. The molecular formula is C17H12N2OS. The van der Waals surface area contributed by atoms with Crippen LogP contribution in [0.2, 0.25) is 0 Å². The zero-order chi connectivity index (χ0) is 14.7. The zero-order valence-electron chi connectivity index (χ0n) is 11.2. The first kappa shape index (κ1) is 13.5. The van der Waals surface area contributed by atoms with E-state index in [-0.39, 0.29) is 5.56 Å². The van der Waals surface area contributed by atoms with Gasteiger partial charge in [-0.2, -0.15) is 0 Å². The largest absolute Gasteiger partial charge is 0.338 e. The van der Waals surface area contributed by atoms with Crippen molar-refractivity contribution in [2.45, 2.75) is 10.6 Å². The Bertz CT molecular complexity index is 879. The Labute approximate surface area is 126 Å². The van der Waals surface area contributed by atoms with Gasteiger partial charge in [-0.3, -0.25) is 4.79 Å². The summed E-state index contributed by atoms with van der Waals surface area (Å²) in [5.41, 5.74) is 1.57. The molecule has 102 valence electrons. The molecule has 0 aliphatic rings. The van der Waals surface area contributed by atoms with Crippen molar-refractivity contribution < 1.29 is 0 Å². The Morgan fingerprint density at radius 1 is 1.10 bits per heavy atom. The third-order valence-corrected chi connectivity index (χ3v) is 4.29. The van der Waals surface area contributed by atoms with E-state index in [0.717, 1.165) is 10.6 Å². The van der Waals surface area contributed by atoms with Gasteiger partial charge in [-0.1, -0.05) is 36.4 Å². The highest BCUT2D eigenvalue weighted by Gasteiger charge is 2.06. The molecule has 0 radical (unpaired) electrons. The molecule has 0 atom stereocenters. The van der Waals surface area contributed by atoms with E-state index < -0.39 is 0 Å². The summed E-state index contributed by atoms with van der Waals surface area (Å²) in [6.45, 7) is 7.20. The standard InChI is InChI=1S/C17H12N2OS/c1-18-16-10-19-17(20)14-8-7-13(9-15(14)16)21-11-12-5-3-2-4-6-12/h2-10H,11H2,(H,19,20). The number of H-pyrrole nitrogens is 1. The van der Waals surface area contributed by atoms with Gasteiger partial charge in [0.2, 0.25) is 5.69 Å². The van der Waals surface area contributed by atoms with Gasteiger partial charge in [0.25, 0.3) is 5.56 Å². The van der Waals surface area contributed by atoms with Gasteiger partial charge < -0.3 is 4.98 Å². The van der Waals surface area contributed by atoms with Crippen molar-refractivity contribution >= 4 is 28.2 Å². The van der Waals surface area contributed by atoms with Crippen molar-refractivity contribution in [3.63, 3.8) is 0 Å². The summed E-state index contributed by atoms with van der Waals surface area (Å²) in [6.07, 6.45) is 1.48. The Morgan fingerprint density at radius 3 is 2.67 bits per heavy atom. The molecule has 0 saturated heterocycles. The summed E-state index contributed by atoms with van der Waals surface area (Å²) in [4.78, 5) is 18.9. The van der Waals surface area contributed by atoms with Crippen LogP contribution in [-0.4, -0.2) is 4.98 Å². The molecular weight excluding hydrogens is 280 g/mol. The van der Waals surface area contributed by atoms with Gasteiger partial charge in [0.15, 0.2) is 0 Å². The van der Waals surface area contributed by atoms with Gasteiger partial charge in [0.05, 0.1) is 6.57 Å². The molecule has 1 N–H and O–H groups in total. The first-order chi connectivity index (χ1) is 10.3. The number of nitrogens with zero attached hydrogens (tertiary/aromatic N) is 1. The highest BCUT2D eigenvalue weighted by atomic mass is 32.2. The summed E-state index contributed by atoms with van der Waals surface area (Å²) in [5, 5.41) is 1.28. The Hall–Kier alpha value is -2.51. The summed E-state index contributed by atoms with van der Waals surface area (Å²) in [5.74, 6) is 0.864. The Morgan fingerprint density at radius 2 is 1.90 bits per heavy atom. The third kappa shape index (κ3) is 2.83. The number of benzene rings is 2. The van der Waals surface area contributed by atoms with E-state index in [9.17, 15) is 4.79 Å². The highest BCUT2D eigenvalue weighted by molar-refractivity contribution is 7.98. The predicted octanol–water partition coefficient (Wildman–Crippen LogP) is 4.37. The van der Waals surface area contributed by atoms with Crippen molar-refractivity contribution in [1.29, 1.82) is 0 Å². The average molecular weight is 292 g/mol. The lowest BCUT2D eigenvalue weighted by molar-refractivity contribution is 1.28. The van der Waals surface area contributed by atoms with Crippen LogP contribution >= 0.6 is 11.8 Å². The molecule has 0 aliphatic carbocycles. The molecule has 0 bridgehead atoms. The molecule has 0 saturated carbocycles. The zero-order valence-corrected chi connectivity index (χ0v) is 12.0. The van der Waals surface area contributed by atoms with Crippen molar-refractivity contribution in [2.24, 2.45) is 0 Å². The minimum Gasteiger partial charge on any atom is -0.338 e. The number of hydrogen-bond acceptors (Lipinski definition) is 2. The molecule has 4 heteroatoms. The van der Waals surface area contributed by atoms with Crippen LogP contribution in [0, 0.1) is 6.57 Å². The minimum absolute atomic E-state index is 0.156. The van der Waals surface area contributed by atoms with Crippen LogP contribution < -0.4 is 5.56 Å². The molecule has 21 heavy (non-hydrogen) atoms. The molecule has 0 fully saturated rings. The smallest absolute Gasteiger partial charge is 0.253 e. The van der Waals surface area contributed by atoms with E-state index in [1.807, 2.05) is 30.3 Å². The summed E-state index contributed by atoms with van der Waals surface area (Å²) < 4.78 is 0. The fourth-order valence-corrected chi connectivity index (χ4v) is 3.04. The number of hydrogen-bond donors (Lipinski definition) is 1. The van der Waals surface area contributed by atoms with Crippen LogP contribution in [0.5, 0.6) is 0 Å². The van der Waals surface area contributed by atoms with Crippen LogP contribution in [0.15, 0.2) is 64.4 Å². The highest BCUT2D eigenvalue weighted by Crippen LogP contribution is 2.29. The van der Waals surface area contributed by atoms with E-state index in [0.29, 0.717) is 16.5 Å². The van der Waals surface area contributed by atoms with Crippen molar-refractivity contribution in [2.75, 3.05) is 0 Å². The monoisotopic (exact) mass is 292 g/mol. The molecule has 1 heterocycles. The molecule has 3 nitrogen and oxygen atoms in total. The number of aromatic amines is 1. The first-order valence-corrected chi connectivity index (χ1v) is 7.46. The van der Waals surface area contributed by atoms with Gasteiger partial charge in [0, 0.05) is 22.2 Å². The van der Waals surface area contributed by atoms with Gasteiger partial charge in [-0.05, 0) is 23.1 Å². The average Bonchev–Trinajstić information content (AvgIpc) is 2.54. The number of pyridine rings is 1. The van der Waals surface area contributed by atoms with E-state index in [2.05, 4.69) is 22.0 Å². The lowest BCUT2D eigenvalue weighted by atomic mass is 10.1. The van der Waals surface area contributed by atoms with Crippen LogP contribution in [-0.2, 0) is 5.75 Å². The molecule has 0 unspecified atom stereocenters. The van der Waals surface area contributed by atoms with Crippen molar-refractivity contribution in [1.82, 2.24) is 4.98 Å². The van der Waals surface area contributed by atoms with E-state index >= 15 is 0 Å². The second-order valence-electron chi connectivity index (χ2n) is 4.60. The number of aromatic nitrogens is 1. The maximum absolute atomic E-state index is 11.8. The fourth-order valence-electron chi connectivity index (χ4n) is 2.15. The van der Waals surface area contributed by atoms with Crippen molar-refractivity contribution in [3.8, 4) is 0 Å². The molecule has 1 aromatic heterocycles. The normalized spacial score (nSPS) is 10.4. The van der Waals surface area contributed by atoms with E-state index in [1.165, 1.54) is 11.8 Å². The maximum atomic E-state index is 11.8. The SMILES string of the molecule is [C-]#[N+]c1c[nH]c(=O)c2ccc(SCc3ccccc3)cc12. The minimum atomic E-state index is -0.156. The molecule has 0 aliphatic heterocycles. The van der Waals surface area contributed by atoms with E-state index in [4.69, 9.17) is 6.57 Å². The molecule has 0 amide bonds. The third-order valence-electron chi connectivity index (χ3n) is 3.22. The van der Waals surface area contributed by atoms with Gasteiger partial charge in [-0.15, -0.1) is 11.8 Å². The lowest BCUT2D eigenvalue weighted by Gasteiger charge is -2.05. The quantitative estimate of drug-likeness (QED) is 0.575. The maximum Gasteiger partial charge on any atom is 0.253 e. The van der Waals surface area contributed by atoms with Crippen LogP contribution in [0.25, 0.3) is 15.6 Å². The topological polar surface area (TPSA) is 37.2 Å². The van der Waals surface area contributed by atoms with Crippen LogP contribution in [0.3, 0.4) is 0 Å². The summed E-state index contributed by atoms with van der Waals surface area (Å²) in [6, 6.07) is 15.9. The van der Waals surface area contributed by atoms with Gasteiger partial charge >= 0.3 is 0 Å². The second-order valence-corrected chi connectivity index (χ2v) is 5.65. The van der Waals surface area contributed by atoms with Crippen LogP contribution in [0.4, 0.5) is 5.69 Å². The van der Waals surface area contributed by atoms with Crippen molar-refractivity contribution in [3.05, 3.63) is 82.1 Å². The van der Waals surface area contributed by atoms with Gasteiger partial charge in [0.1, 0.15) is 0 Å². The molecule has 0 spiro atoms. The number of nitrogens with one attached hydrogen (secondary N) is 1. The molecule has 3 rings (SSSR count). The fraction of sp³-hybridized carbons (Fsp3) is 0.0588. The number of rotatable bonds is 3. The summed E-state index contributed by atoms with van der Waals surface area (Å²) >= 11 is 1.70. The second kappa shape index (κ2) is 5.86. The van der Waals surface area contributed by atoms with Gasteiger partial charge in [-0.25, -0.2) is 4.85 Å². The number of fused-ring (bicyclic) bond motifs is 1.